The molecule has 22 heavy (non-hydrogen) atoms. The summed E-state index contributed by atoms with van der Waals surface area (Å²) in [7, 11) is 0. The number of nitrogens with zero attached hydrogens (tertiary/aromatic N) is 6. The van der Waals surface area contributed by atoms with Gasteiger partial charge < -0.3 is 53.4 Å². The Morgan fingerprint density at radius 2 is 1.50 bits per heavy atom. The summed E-state index contributed by atoms with van der Waals surface area (Å²) in [5.74, 6) is 1.41. The average molecular weight is 450 g/mol. The van der Waals surface area contributed by atoms with Gasteiger partial charge in [-0.05, 0) is 12.7 Å². The molecule has 2 heterocycles. The summed E-state index contributed by atoms with van der Waals surface area (Å²) in [5.41, 5.74) is 11.5. The number of hydrogen-bond donors (Lipinski definition) is 2. The molecule has 8 nitrogen and oxygen atoms in total. The van der Waals surface area contributed by atoms with Crippen molar-refractivity contribution in [2.24, 2.45) is 10.2 Å². The quantitative estimate of drug-likeness (QED) is 0.516. The molecule has 0 unspecified atom stereocenters. The number of hydrogen-bond acceptors (Lipinski definition) is 6. The van der Waals surface area contributed by atoms with Gasteiger partial charge in [0.15, 0.2) is 0 Å². The summed E-state index contributed by atoms with van der Waals surface area (Å²) in [6.07, 6.45) is 10.7. The summed E-state index contributed by atoms with van der Waals surface area (Å²) >= 11 is 0. The summed E-state index contributed by atoms with van der Waals surface area (Å²) < 4.78 is 2.81. The Kier molecular flexibility index (Phi) is 13.0. The fraction of sp³-hybridized carbons (Fsp3) is 0.333. The molecular formula is C12H16N8Y2-4. The monoisotopic (exact) mass is 450 g/mol. The standard InChI is InChI=1S/2C6H8N4.2Y/c1-3-8-10-4-6(7)9-5(10)2;1-3-8-10-4-5(2)9-6(10)7;;/h7H2,1-2H3;1-2H3,(H2,7,9);;/q2*-2;;. The minimum Gasteiger partial charge on any atom is -0.445 e. The van der Waals surface area contributed by atoms with Crippen LogP contribution in [0.3, 0.4) is 0 Å². The third-order valence-corrected chi connectivity index (χ3v) is 1.98. The number of rotatable bonds is 2. The smallest absolute Gasteiger partial charge is 0.0596 e. The maximum atomic E-state index is 5.41. The molecule has 2 aromatic rings. The third kappa shape index (κ3) is 7.72. The van der Waals surface area contributed by atoms with E-state index in [0.29, 0.717) is 17.6 Å². The van der Waals surface area contributed by atoms with Gasteiger partial charge >= 0.3 is 0 Å². The van der Waals surface area contributed by atoms with Crippen LogP contribution in [0, 0.1) is 26.2 Å². The first kappa shape index (κ1) is 23.8. The zero-order chi connectivity index (χ0) is 15.1. The molecule has 10 heteroatoms. The maximum Gasteiger partial charge on any atom is 0.0596 e. The van der Waals surface area contributed by atoms with Gasteiger partial charge in [0.25, 0.3) is 0 Å². The first-order valence-electron chi connectivity index (χ1n) is 5.71. The van der Waals surface area contributed by atoms with E-state index < -0.39 is 0 Å². The van der Waals surface area contributed by atoms with Crippen LogP contribution in [0.2, 0.25) is 0 Å². The van der Waals surface area contributed by atoms with E-state index in [1.54, 1.807) is 27.7 Å². The second-order valence-corrected chi connectivity index (χ2v) is 3.59. The van der Waals surface area contributed by atoms with Crippen molar-refractivity contribution < 1.29 is 65.4 Å². The number of nitrogens with two attached hydrogens (primary N) is 2. The second-order valence-electron chi connectivity index (χ2n) is 3.59. The van der Waals surface area contributed by atoms with Crippen LogP contribution in [-0.2, 0) is 65.4 Å². The molecule has 0 saturated heterocycles. The Morgan fingerprint density at radius 1 is 0.955 bits per heavy atom. The molecule has 0 aliphatic carbocycles. The summed E-state index contributed by atoms with van der Waals surface area (Å²) in [6, 6.07) is 0. The van der Waals surface area contributed by atoms with Gasteiger partial charge in [-0.3, -0.25) is 0 Å². The van der Waals surface area contributed by atoms with E-state index in [4.69, 9.17) is 11.5 Å². The molecule has 0 amide bonds. The van der Waals surface area contributed by atoms with Gasteiger partial charge in [-0.15, -0.1) is 12.4 Å². The molecule has 0 saturated carbocycles. The number of anilines is 2. The van der Waals surface area contributed by atoms with Crippen molar-refractivity contribution in [1.82, 2.24) is 19.3 Å². The van der Waals surface area contributed by atoms with Crippen LogP contribution in [0.5, 0.6) is 0 Å². The van der Waals surface area contributed by atoms with E-state index in [1.165, 1.54) is 9.35 Å². The predicted octanol–water partition coefficient (Wildman–Crippen LogP) is 0.604. The van der Waals surface area contributed by atoms with Crippen LogP contribution >= 0.6 is 0 Å². The average Bonchev–Trinajstić information content (AvgIpc) is 2.84. The minimum atomic E-state index is 0. The van der Waals surface area contributed by atoms with Crippen LogP contribution in [0.4, 0.5) is 11.8 Å². The van der Waals surface area contributed by atoms with E-state index in [9.17, 15) is 0 Å². The number of nitrogen functional groups attached to an aromatic ring is 2. The largest absolute Gasteiger partial charge is 0.445 e. The fourth-order valence-electron chi connectivity index (χ4n) is 1.26. The summed E-state index contributed by atoms with van der Waals surface area (Å²) in [5, 5.41) is 7.55. The van der Waals surface area contributed by atoms with E-state index in [0.717, 1.165) is 5.69 Å². The Balaban J connectivity index is 0. The van der Waals surface area contributed by atoms with Gasteiger partial charge in [0.05, 0.1) is 5.95 Å². The van der Waals surface area contributed by atoms with Crippen molar-refractivity contribution in [2.45, 2.75) is 27.7 Å². The van der Waals surface area contributed by atoms with Crippen molar-refractivity contribution >= 4 is 24.2 Å². The molecule has 114 valence electrons. The molecule has 2 radical (unpaired) electrons. The molecule has 0 aromatic carbocycles. The van der Waals surface area contributed by atoms with Crippen molar-refractivity contribution in [2.75, 3.05) is 11.5 Å². The minimum absolute atomic E-state index is 0. The fourth-order valence-corrected chi connectivity index (χ4v) is 1.26. The van der Waals surface area contributed by atoms with Crippen LogP contribution < -0.4 is 11.5 Å². The molecule has 0 atom stereocenters. The Hall–Kier alpha value is -0.432. The molecule has 0 aliphatic heterocycles. The van der Waals surface area contributed by atoms with Crippen LogP contribution in [0.25, 0.3) is 0 Å². The van der Waals surface area contributed by atoms with Crippen molar-refractivity contribution in [1.29, 1.82) is 0 Å². The maximum absolute atomic E-state index is 5.41. The zero-order valence-corrected chi connectivity index (χ0v) is 18.7. The van der Waals surface area contributed by atoms with E-state index >= 15 is 0 Å². The normalized spacial score (nSPS) is 10.0. The van der Waals surface area contributed by atoms with Gasteiger partial charge in [-0.1, -0.05) is 12.6 Å². The van der Waals surface area contributed by atoms with Crippen LogP contribution in [0.15, 0.2) is 10.2 Å². The molecule has 0 aliphatic rings. The van der Waals surface area contributed by atoms with Gasteiger partial charge in [-0.2, -0.15) is 13.8 Å². The van der Waals surface area contributed by atoms with Gasteiger partial charge in [0.2, 0.25) is 0 Å². The number of aromatic nitrogens is 4. The zero-order valence-electron chi connectivity index (χ0n) is 13.0. The molecule has 0 spiro atoms. The first-order chi connectivity index (χ1) is 9.47. The molecule has 2 aromatic heterocycles. The van der Waals surface area contributed by atoms with Crippen LogP contribution in [0.1, 0.15) is 25.4 Å². The molecule has 0 bridgehead atoms. The van der Waals surface area contributed by atoms with Crippen LogP contribution in [-0.4, -0.2) is 31.7 Å². The second kappa shape index (κ2) is 12.0. The van der Waals surface area contributed by atoms with E-state index in [2.05, 4.69) is 45.0 Å². The Morgan fingerprint density at radius 3 is 1.86 bits per heavy atom. The predicted molar refractivity (Wildman–Crippen MR) is 77.4 cm³/mol. The first-order valence-corrected chi connectivity index (χ1v) is 5.71. The summed E-state index contributed by atoms with van der Waals surface area (Å²) in [6.45, 7) is 6.98. The Bertz CT molecular complexity index is 560. The molecule has 4 N–H and O–H groups in total. The summed E-state index contributed by atoms with van der Waals surface area (Å²) in [4.78, 5) is 7.76. The third-order valence-electron chi connectivity index (χ3n) is 1.98. The van der Waals surface area contributed by atoms with Crippen molar-refractivity contribution in [3.05, 3.63) is 23.9 Å². The van der Waals surface area contributed by atoms with E-state index in [1.807, 2.05) is 0 Å². The molecular weight excluding hydrogens is 434 g/mol. The number of aryl methyl sites for hydroxylation is 2. The number of imidazole rings is 2. The SMILES string of the molecule is C[C-]=Nn1[c-]c(C)nc1N.C[C-]=Nn1[c-]c(N)nc1C.[Y].[Y]. The van der Waals surface area contributed by atoms with Gasteiger partial charge in [0, 0.05) is 71.2 Å². The Labute approximate surface area is 180 Å². The molecule has 2 rings (SSSR count). The van der Waals surface area contributed by atoms with Crippen molar-refractivity contribution in [3.63, 3.8) is 0 Å². The van der Waals surface area contributed by atoms with Gasteiger partial charge in [-0.25, -0.2) is 0 Å². The van der Waals surface area contributed by atoms with Gasteiger partial charge in [0.1, 0.15) is 0 Å². The van der Waals surface area contributed by atoms with E-state index in [-0.39, 0.29) is 65.4 Å². The van der Waals surface area contributed by atoms with Crippen molar-refractivity contribution in [3.8, 4) is 0 Å². The molecule has 0 fully saturated rings. The topological polar surface area (TPSA) is 112 Å².